The van der Waals surface area contributed by atoms with Crippen LogP contribution in [0, 0.1) is 0 Å². The van der Waals surface area contributed by atoms with E-state index in [9.17, 15) is 4.79 Å². The lowest BCUT2D eigenvalue weighted by Gasteiger charge is -2.01. The number of nitrogens with one attached hydrogen (secondary N) is 1. The first-order chi connectivity index (χ1) is 6.29. The van der Waals surface area contributed by atoms with Crippen LogP contribution in [0.5, 0.6) is 0 Å². The van der Waals surface area contributed by atoms with Gasteiger partial charge in [-0.25, -0.2) is 0 Å². The molecule has 0 atom stereocenters. The van der Waals surface area contributed by atoms with Crippen LogP contribution >= 0.6 is 11.3 Å². The fraction of sp³-hybridized carbons (Fsp3) is 0.444. The van der Waals surface area contributed by atoms with Crippen LogP contribution in [0.25, 0.3) is 0 Å². The minimum absolute atomic E-state index is 0.269. The summed E-state index contributed by atoms with van der Waals surface area (Å²) < 4.78 is 0. The van der Waals surface area contributed by atoms with Gasteiger partial charge in [0.05, 0.1) is 0 Å². The topological polar surface area (TPSA) is 49.3 Å². The number of unbranched alkanes of at least 4 members (excludes halogenated alkanes) is 1. The van der Waals surface area contributed by atoms with E-state index in [-0.39, 0.29) is 6.42 Å². The van der Waals surface area contributed by atoms with Crippen molar-refractivity contribution < 1.29 is 9.90 Å². The minimum Gasteiger partial charge on any atom is -0.481 e. The van der Waals surface area contributed by atoms with Crippen LogP contribution in [-0.2, 0) is 4.79 Å². The van der Waals surface area contributed by atoms with Crippen LogP contribution in [0.3, 0.4) is 0 Å². The van der Waals surface area contributed by atoms with E-state index in [0.29, 0.717) is 0 Å². The molecular formula is C9H13NO2S. The van der Waals surface area contributed by atoms with E-state index in [1.165, 1.54) is 0 Å². The van der Waals surface area contributed by atoms with Gasteiger partial charge in [0.15, 0.2) is 0 Å². The highest BCUT2D eigenvalue weighted by Crippen LogP contribution is 2.11. The molecule has 0 saturated heterocycles. The Bertz CT molecular complexity index is 246. The van der Waals surface area contributed by atoms with Gasteiger partial charge in [0.2, 0.25) is 0 Å². The molecule has 0 bridgehead atoms. The van der Waals surface area contributed by atoms with Crippen molar-refractivity contribution in [2.45, 2.75) is 19.3 Å². The lowest BCUT2D eigenvalue weighted by atomic mass is 10.2. The van der Waals surface area contributed by atoms with E-state index in [0.717, 1.165) is 25.1 Å². The Balaban J connectivity index is 1.99. The van der Waals surface area contributed by atoms with Gasteiger partial charge in [-0.15, -0.1) is 0 Å². The van der Waals surface area contributed by atoms with Gasteiger partial charge >= 0.3 is 5.97 Å². The van der Waals surface area contributed by atoms with E-state index in [1.807, 2.05) is 16.8 Å². The molecule has 4 heteroatoms. The normalized spacial score (nSPS) is 9.85. The summed E-state index contributed by atoms with van der Waals surface area (Å²) in [5.41, 5.74) is 1.13. The van der Waals surface area contributed by atoms with Crippen molar-refractivity contribution in [2.75, 3.05) is 11.9 Å². The summed E-state index contributed by atoms with van der Waals surface area (Å²) in [6, 6.07) is 2.02. The molecule has 0 radical (unpaired) electrons. The molecule has 72 valence electrons. The van der Waals surface area contributed by atoms with Crippen LogP contribution in [-0.4, -0.2) is 17.6 Å². The molecule has 1 rings (SSSR count). The van der Waals surface area contributed by atoms with Gasteiger partial charge in [-0.05, 0) is 24.3 Å². The highest BCUT2D eigenvalue weighted by atomic mass is 32.1. The molecule has 0 aliphatic rings. The van der Waals surface area contributed by atoms with Gasteiger partial charge in [0, 0.05) is 24.0 Å². The zero-order valence-corrected chi connectivity index (χ0v) is 8.14. The maximum absolute atomic E-state index is 10.2. The van der Waals surface area contributed by atoms with Gasteiger partial charge in [0.1, 0.15) is 0 Å². The largest absolute Gasteiger partial charge is 0.481 e. The summed E-state index contributed by atoms with van der Waals surface area (Å²) in [5.74, 6) is -0.712. The quantitative estimate of drug-likeness (QED) is 0.692. The smallest absolute Gasteiger partial charge is 0.303 e. The molecule has 0 aromatic carbocycles. The van der Waals surface area contributed by atoms with Crippen LogP contribution < -0.4 is 5.32 Å². The molecule has 1 aromatic heterocycles. The molecule has 0 amide bonds. The van der Waals surface area contributed by atoms with Crippen molar-refractivity contribution in [3.63, 3.8) is 0 Å². The van der Waals surface area contributed by atoms with Gasteiger partial charge in [0.25, 0.3) is 0 Å². The number of carbonyl (C=O) groups is 1. The molecule has 0 aliphatic heterocycles. The Morgan fingerprint density at radius 1 is 1.54 bits per heavy atom. The number of anilines is 1. The predicted octanol–water partition coefficient (Wildman–Crippen LogP) is 2.41. The van der Waals surface area contributed by atoms with E-state index in [4.69, 9.17) is 5.11 Å². The molecule has 2 N–H and O–H groups in total. The van der Waals surface area contributed by atoms with Crippen molar-refractivity contribution in [1.82, 2.24) is 0 Å². The van der Waals surface area contributed by atoms with Crippen molar-refractivity contribution in [3.8, 4) is 0 Å². The molecule has 1 heterocycles. The predicted molar refractivity (Wildman–Crippen MR) is 54.3 cm³/mol. The zero-order chi connectivity index (χ0) is 9.52. The Morgan fingerprint density at radius 2 is 2.38 bits per heavy atom. The standard InChI is InChI=1S/C9H13NO2S/c11-9(12)3-1-2-5-10-8-4-6-13-7-8/h4,6-7,10H,1-3,5H2,(H,11,12). The number of carboxylic acid groups (broad SMARTS) is 1. The number of thiophene rings is 1. The van der Waals surface area contributed by atoms with Crippen LogP contribution in [0.2, 0.25) is 0 Å². The highest BCUT2D eigenvalue weighted by Gasteiger charge is 1.96. The van der Waals surface area contributed by atoms with E-state index < -0.39 is 5.97 Å². The van der Waals surface area contributed by atoms with Gasteiger partial charge in [-0.1, -0.05) is 0 Å². The maximum atomic E-state index is 10.2. The SMILES string of the molecule is O=C(O)CCCCNc1ccsc1. The number of rotatable bonds is 6. The third-order valence-corrected chi connectivity index (χ3v) is 2.35. The van der Waals surface area contributed by atoms with E-state index in [1.54, 1.807) is 11.3 Å². The lowest BCUT2D eigenvalue weighted by Crippen LogP contribution is -2.02. The first-order valence-corrected chi connectivity index (χ1v) is 5.21. The van der Waals surface area contributed by atoms with E-state index in [2.05, 4.69) is 5.32 Å². The summed E-state index contributed by atoms with van der Waals surface area (Å²) in [5, 5.41) is 15.6. The fourth-order valence-electron chi connectivity index (χ4n) is 0.999. The van der Waals surface area contributed by atoms with Crippen molar-refractivity contribution in [2.24, 2.45) is 0 Å². The Labute approximate surface area is 81.4 Å². The van der Waals surface area contributed by atoms with Crippen LogP contribution in [0.1, 0.15) is 19.3 Å². The Hall–Kier alpha value is -1.03. The summed E-state index contributed by atoms with van der Waals surface area (Å²) >= 11 is 1.65. The average molecular weight is 199 g/mol. The van der Waals surface area contributed by atoms with Gasteiger partial charge < -0.3 is 10.4 Å². The summed E-state index contributed by atoms with van der Waals surface area (Å²) in [6.45, 7) is 0.851. The fourth-order valence-corrected chi connectivity index (χ4v) is 1.61. The summed E-state index contributed by atoms with van der Waals surface area (Å²) in [6.07, 6.45) is 1.92. The molecule has 13 heavy (non-hydrogen) atoms. The number of aliphatic carboxylic acids is 1. The number of carboxylic acids is 1. The molecule has 0 unspecified atom stereocenters. The van der Waals surface area contributed by atoms with Crippen LogP contribution in [0.15, 0.2) is 16.8 Å². The zero-order valence-electron chi connectivity index (χ0n) is 7.32. The van der Waals surface area contributed by atoms with Gasteiger partial charge in [-0.2, -0.15) is 11.3 Å². The maximum Gasteiger partial charge on any atom is 0.303 e. The monoisotopic (exact) mass is 199 g/mol. The number of hydrogen-bond donors (Lipinski definition) is 2. The second kappa shape index (κ2) is 5.59. The molecule has 0 saturated carbocycles. The van der Waals surface area contributed by atoms with Crippen molar-refractivity contribution in [3.05, 3.63) is 16.8 Å². The Morgan fingerprint density at radius 3 is 3.00 bits per heavy atom. The first kappa shape index (κ1) is 10.1. The van der Waals surface area contributed by atoms with Gasteiger partial charge in [-0.3, -0.25) is 4.79 Å². The third-order valence-electron chi connectivity index (χ3n) is 1.67. The minimum atomic E-state index is -0.712. The molecule has 1 aromatic rings. The third kappa shape index (κ3) is 4.52. The molecular weight excluding hydrogens is 186 g/mol. The average Bonchev–Trinajstić information content (AvgIpc) is 2.55. The summed E-state index contributed by atoms with van der Waals surface area (Å²) in [4.78, 5) is 10.2. The second-order valence-corrected chi connectivity index (χ2v) is 3.57. The molecule has 0 fully saturated rings. The summed E-state index contributed by atoms with van der Waals surface area (Å²) in [7, 11) is 0. The molecule has 0 aliphatic carbocycles. The lowest BCUT2D eigenvalue weighted by molar-refractivity contribution is -0.137. The van der Waals surface area contributed by atoms with E-state index >= 15 is 0 Å². The molecule has 0 spiro atoms. The van der Waals surface area contributed by atoms with Crippen molar-refractivity contribution in [1.29, 1.82) is 0 Å². The first-order valence-electron chi connectivity index (χ1n) is 4.27. The second-order valence-electron chi connectivity index (χ2n) is 2.79. The number of hydrogen-bond acceptors (Lipinski definition) is 3. The Kier molecular flexibility index (Phi) is 4.32. The van der Waals surface area contributed by atoms with Crippen LogP contribution in [0.4, 0.5) is 5.69 Å². The van der Waals surface area contributed by atoms with Crippen molar-refractivity contribution >= 4 is 23.0 Å². The highest BCUT2D eigenvalue weighted by molar-refractivity contribution is 7.08. The molecule has 3 nitrogen and oxygen atoms in total.